The summed E-state index contributed by atoms with van der Waals surface area (Å²) < 4.78 is 25.5. The van der Waals surface area contributed by atoms with Crippen LogP contribution in [-0.4, -0.2) is 61.6 Å². The zero-order valence-electron chi connectivity index (χ0n) is 17.0. The van der Waals surface area contributed by atoms with E-state index in [4.69, 9.17) is 0 Å². The second kappa shape index (κ2) is 9.27. The number of hydrogen-bond donors (Lipinski definition) is 1. The van der Waals surface area contributed by atoms with Crippen molar-refractivity contribution in [2.24, 2.45) is 0 Å². The third-order valence-corrected chi connectivity index (χ3v) is 8.26. The van der Waals surface area contributed by atoms with Crippen molar-refractivity contribution in [2.75, 3.05) is 25.9 Å². The van der Waals surface area contributed by atoms with Gasteiger partial charge < -0.3 is 10.2 Å². The number of piperidine rings is 1. The van der Waals surface area contributed by atoms with Gasteiger partial charge in [0.05, 0.1) is 5.75 Å². The molecule has 1 saturated heterocycles. The van der Waals surface area contributed by atoms with Crippen LogP contribution in [0, 0.1) is 0 Å². The summed E-state index contributed by atoms with van der Waals surface area (Å²) in [6.07, 6.45) is 5.62. The molecule has 7 heteroatoms. The van der Waals surface area contributed by atoms with Crippen molar-refractivity contribution in [1.29, 1.82) is 0 Å². The summed E-state index contributed by atoms with van der Waals surface area (Å²) in [5.41, 5.74) is 1.40. The molecule has 156 valence electrons. The molecule has 0 bridgehead atoms. The molecule has 1 aliphatic heterocycles. The minimum atomic E-state index is -3.13. The average molecular weight is 408 g/mol. The zero-order chi connectivity index (χ0) is 20.1. The van der Waals surface area contributed by atoms with Gasteiger partial charge in [-0.15, -0.1) is 0 Å². The van der Waals surface area contributed by atoms with Gasteiger partial charge in [-0.05, 0) is 56.9 Å². The molecule has 1 N–H and O–H groups in total. The number of rotatable bonds is 5. The Labute approximate surface area is 169 Å². The van der Waals surface area contributed by atoms with Crippen molar-refractivity contribution < 1.29 is 13.2 Å². The second-order valence-corrected chi connectivity index (χ2v) is 10.3. The normalized spacial score (nSPS) is 24.6. The topological polar surface area (TPSA) is 69.7 Å². The summed E-state index contributed by atoms with van der Waals surface area (Å²) in [6.45, 7) is 2.68. The molecule has 1 aromatic rings. The molecule has 6 nitrogen and oxygen atoms in total. The number of amides is 2. The summed E-state index contributed by atoms with van der Waals surface area (Å²) in [4.78, 5) is 14.5. The second-order valence-electron chi connectivity index (χ2n) is 8.05. The highest BCUT2D eigenvalue weighted by Crippen LogP contribution is 2.32. The smallest absolute Gasteiger partial charge is 0.317 e. The van der Waals surface area contributed by atoms with E-state index in [2.05, 4.69) is 29.6 Å². The molecular weight excluding hydrogens is 374 g/mol. The first kappa shape index (κ1) is 21.1. The molecule has 0 radical (unpaired) electrons. The van der Waals surface area contributed by atoms with Gasteiger partial charge in [-0.25, -0.2) is 17.5 Å². The lowest BCUT2D eigenvalue weighted by atomic mass is 9.82. The van der Waals surface area contributed by atoms with Crippen molar-refractivity contribution in [2.45, 2.75) is 63.5 Å². The lowest BCUT2D eigenvalue weighted by Crippen LogP contribution is -2.52. The highest BCUT2D eigenvalue weighted by molar-refractivity contribution is 7.89. The van der Waals surface area contributed by atoms with E-state index in [-0.39, 0.29) is 23.9 Å². The highest BCUT2D eigenvalue weighted by atomic mass is 32.2. The Bertz CT molecular complexity index is 737. The molecule has 1 saturated carbocycles. The van der Waals surface area contributed by atoms with Crippen molar-refractivity contribution in [3.63, 3.8) is 0 Å². The number of urea groups is 1. The summed E-state index contributed by atoms with van der Waals surface area (Å²) in [6, 6.07) is 10.9. The minimum absolute atomic E-state index is 0.0278. The molecule has 0 aromatic heterocycles. The molecule has 2 aliphatic rings. The Morgan fingerprint density at radius 3 is 2.25 bits per heavy atom. The summed E-state index contributed by atoms with van der Waals surface area (Å²) in [5, 5.41) is 3.20. The summed E-state index contributed by atoms with van der Waals surface area (Å²) in [7, 11) is -1.29. The Kier molecular flexibility index (Phi) is 6.99. The van der Waals surface area contributed by atoms with E-state index < -0.39 is 10.0 Å². The van der Waals surface area contributed by atoms with Crippen molar-refractivity contribution >= 4 is 16.1 Å². The molecule has 28 heavy (non-hydrogen) atoms. The van der Waals surface area contributed by atoms with Crippen LogP contribution in [0.25, 0.3) is 0 Å². The molecule has 1 aliphatic carbocycles. The van der Waals surface area contributed by atoms with Gasteiger partial charge in [0.2, 0.25) is 10.0 Å². The maximum Gasteiger partial charge on any atom is 0.317 e. The van der Waals surface area contributed by atoms with E-state index in [1.165, 1.54) is 5.56 Å². The summed E-state index contributed by atoms with van der Waals surface area (Å²) in [5.74, 6) is 0.733. The molecule has 2 amide bonds. The lowest BCUT2D eigenvalue weighted by molar-refractivity contribution is 0.157. The zero-order valence-corrected chi connectivity index (χ0v) is 17.8. The predicted molar refractivity (Wildman–Crippen MR) is 112 cm³/mol. The number of nitrogens with zero attached hydrogens (tertiary/aromatic N) is 2. The third kappa shape index (κ3) is 5.06. The fourth-order valence-electron chi connectivity index (χ4n) is 4.43. The molecule has 0 atom stereocenters. The molecule has 0 unspecified atom stereocenters. The number of carbonyl (C=O) groups excluding carboxylic acids is 1. The Morgan fingerprint density at radius 1 is 1.07 bits per heavy atom. The van der Waals surface area contributed by atoms with Crippen molar-refractivity contribution in [1.82, 2.24) is 14.5 Å². The van der Waals surface area contributed by atoms with Gasteiger partial charge in [-0.2, -0.15) is 0 Å². The number of carbonyl (C=O) groups is 1. The standard InChI is InChI=1S/C21H33N3O3S/c1-3-28(26,27)24-15-13-20(14-16-24)23(2)21(25)22-19-11-9-18(10-12-19)17-7-5-4-6-8-17/h4-8,18-20H,3,9-16H2,1-2H3,(H,22,25). The first-order valence-electron chi connectivity index (χ1n) is 10.5. The lowest BCUT2D eigenvalue weighted by Gasteiger charge is -2.37. The van der Waals surface area contributed by atoms with Crippen LogP contribution in [0.2, 0.25) is 0 Å². The van der Waals surface area contributed by atoms with Crippen LogP contribution in [0.5, 0.6) is 0 Å². The van der Waals surface area contributed by atoms with E-state index in [9.17, 15) is 13.2 Å². The van der Waals surface area contributed by atoms with Crippen LogP contribution in [0.4, 0.5) is 4.79 Å². The van der Waals surface area contributed by atoms with E-state index >= 15 is 0 Å². The van der Waals surface area contributed by atoms with Gasteiger partial charge in [0.25, 0.3) is 0 Å². The van der Waals surface area contributed by atoms with Crippen molar-refractivity contribution in [3.05, 3.63) is 35.9 Å². The average Bonchev–Trinajstić information content (AvgIpc) is 2.74. The SMILES string of the molecule is CCS(=O)(=O)N1CCC(N(C)C(=O)NC2CCC(c3ccccc3)CC2)CC1. The van der Waals surface area contributed by atoms with Gasteiger partial charge in [-0.1, -0.05) is 30.3 Å². The molecule has 1 aromatic carbocycles. The summed E-state index contributed by atoms with van der Waals surface area (Å²) >= 11 is 0. The van der Waals surface area contributed by atoms with Gasteiger partial charge in [-0.3, -0.25) is 0 Å². The first-order chi connectivity index (χ1) is 13.4. The maximum absolute atomic E-state index is 12.7. The molecule has 2 fully saturated rings. The largest absolute Gasteiger partial charge is 0.335 e. The maximum atomic E-state index is 12.7. The van der Waals surface area contributed by atoms with Gasteiger partial charge in [0.15, 0.2) is 0 Å². The van der Waals surface area contributed by atoms with Crippen molar-refractivity contribution in [3.8, 4) is 0 Å². The Morgan fingerprint density at radius 2 is 1.68 bits per heavy atom. The van der Waals surface area contributed by atoms with E-state index in [0.717, 1.165) is 25.7 Å². The predicted octanol–water partition coefficient (Wildman–Crippen LogP) is 3.17. The number of nitrogens with one attached hydrogen (secondary N) is 1. The highest BCUT2D eigenvalue weighted by Gasteiger charge is 2.31. The van der Waals surface area contributed by atoms with E-state index in [0.29, 0.717) is 31.8 Å². The molecule has 3 rings (SSSR count). The minimum Gasteiger partial charge on any atom is -0.335 e. The van der Waals surface area contributed by atoms with Crippen LogP contribution in [0.15, 0.2) is 30.3 Å². The van der Waals surface area contributed by atoms with Gasteiger partial charge in [0, 0.05) is 32.2 Å². The Balaban J connectivity index is 1.44. The van der Waals surface area contributed by atoms with Gasteiger partial charge in [0.1, 0.15) is 0 Å². The van der Waals surface area contributed by atoms with E-state index in [1.807, 2.05) is 13.1 Å². The fourth-order valence-corrected chi connectivity index (χ4v) is 5.56. The molecule has 1 heterocycles. The van der Waals surface area contributed by atoms with Crippen LogP contribution >= 0.6 is 0 Å². The quantitative estimate of drug-likeness (QED) is 0.815. The Hall–Kier alpha value is -1.60. The van der Waals surface area contributed by atoms with Gasteiger partial charge >= 0.3 is 6.03 Å². The number of benzene rings is 1. The number of sulfonamides is 1. The number of hydrogen-bond acceptors (Lipinski definition) is 3. The first-order valence-corrected chi connectivity index (χ1v) is 12.1. The van der Waals surface area contributed by atoms with Crippen LogP contribution < -0.4 is 5.32 Å². The fraction of sp³-hybridized carbons (Fsp3) is 0.667. The monoisotopic (exact) mass is 407 g/mol. The van der Waals surface area contributed by atoms with E-state index in [1.54, 1.807) is 16.1 Å². The van der Waals surface area contributed by atoms with Crippen LogP contribution in [0.1, 0.15) is 56.9 Å². The van der Waals surface area contributed by atoms with Crippen LogP contribution in [0.3, 0.4) is 0 Å². The third-order valence-electron chi connectivity index (χ3n) is 6.38. The van der Waals surface area contributed by atoms with Crippen LogP contribution in [-0.2, 0) is 10.0 Å². The molecular formula is C21H33N3O3S. The molecule has 0 spiro atoms.